The zero-order valence-corrected chi connectivity index (χ0v) is 40.7. The highest BCUT2D eigenvalue weighted by atomic mass is 31.2. The second-order valence-corrected chi connectivity index (χ2v) is 20.0. The minimum Gasteiger partial charge on any atom is -0.393 e. The van der Waals surface area contributed by atoms with Crippen LogP contribution in [0.5, 0.6) is 0 Å². The summed E-state index contributed by atoms with van der Waals surface area (Å²) in [4.78, 5) is 23.5. The average molecular weight is 922 g/mol. The molecule has 0 saturated heterocycles. The van der Waals surface area contributed by atoms with Crippen molar-refractivity contribution in [3.63, 3.8) is 0 Å². The molecule has 1 saturated carbocycles. The number of phosphoric acid groups is 1. The standard InChI is InChI=1S/C49H96NO12P/c1-3-5-7-9-11-13-15-17-18-19-20-21-22-23-25-27-29-31-33-35-37-42(52)41(39-61-63(59,60)62-49-47(57)45(55)44(54)46(56)48(49)58)50-43(53)38-40(51)36-34-32-30-28-26-24-16-14-12-10-8-6-4-2/h14,16,40-42,44-49,51-52,54-58H,3-13,15,17-39H2,1-2H3,(H,50,53)(H,59,60)/b16-14-. The van der Waals surface area contributed by atoms with Crippen LogP contribution in [0.15, 0.2) is 12.2 Å². The highest BCUT2D eigenvalue weighted by Crippen LogP contribution is 2.47. The van der Waals surface area contributed by atoms with Crippen molar-refractivity contribution in [3.8, 4) is 0 Å². The number of aliphatic hydroxyl groups is 7. The van der Waals surface area contributed by atoms with Crippen LogP contribution in [0.25, 0.3) is 0 Å². The van der Waals surface area contributed by atoms with E-state index in [9.17, 15) is 50.0 Å². The van der Waals surface area contributed by atoms with E-state index in [-0.39, 0.29) is 12.8 Å². The number of hydrogen-bond donors (Lipinski definition) is 9. The summed E-state index contributed by atoms with van der Waals surface area (Å²) in [5.74, 6) is -0.563. The van der Waals surface area contributed by atoms with Crippen LogP contribution in [-0.4, -0.2) is 108 Å². The van der Waals surface area contributed by atoms with Gasteiger partial charge in [0.1, 0.15) is 36.6 Å². The first-order valence-corrected chi connectivity index (χ1v) is 27.2. The van der Waals surface area contributed by atoms with Gasteiger partial charge in [-0.15, -0.1) is 0 Å². The number of carbonyl (C=O) groups excluding carboxylic acids is 1. The molecule has 374 valence electrons. The summed E-state index contributed by atoms with van der Waals surface area (Å²) in [6, 6.07) is -1.15. The Bertz CT molecular complexity index is 1130. The maximum atomic E-state index is 13.0. The minimum absolute atomic E-state index is 0.225. The molecule has 0 bridgehead atoms. The first-order chi connectivity index (χ1) is 30.3. The Morgan fingerprint density at radius 1 is 0.540 bits per heavy atom. The van der Waals surface area contributed by atoms with Crippen LogP contribution in [0.1, 0.15) is 232 Å². The molecule has 0 radical (unpaired) electrons. The Kier molecular flexibility index (Phi) is 37.3. The molecular formula is C49H96NO12P. The topological polar surface area (TPSA) is 226 Å². The smallest absolute Gasteiger partial charge is 0.393 e. The lowest BCUT2D eigenvalue weighted by Gasteiger charge is -2.41. The second kappa shape index (κ2) is 39.1. The van der Waals surface area contributed by atoms with Crippen molar-refractivity contribution in [3.05, 3.63) is 12.2 Å². The van der Waals surface area contributed by atoms with E-state index in [0.29, 0.717) is 12.8 Å². The van der Waals surface area contributed by atoms with E-state index in [1.54, 1.807) is 0 Å². The van der Waals surface area contributed by atoms with Gasteiger partial charge in [0.15, 0.2) is 0 Å². The van der Waals surface area contributed by atoms with E-state index < -0.39 is 75.2 Å². The SMILES string of the molecule is CCCCCC/C=C\CCCCCCCC(O)CC(=O)NC(COP(=O)(O)OC1C(O)C(O)C(O)C(O)C1O)C(O)CCCCCCCCCCCCCCCCCCCCCC. The molecule has 1 fully saturated rings. The van der Waals surface area contributed by atoms with Gasteiger partial charge in [-0.25, -0.2) is 4.57 Å². The first kappa shape index (κ1) is 60.1. The molecule has 14 heteroatoms. The van der Waals surface area contributed by atoms with E-state index in [4.69, 9.17) is 9.05 Å². The number of hydrogen-bond acceptors (Lipinski definition) is 11. The average Bonchev–Trinajstić information content (AvgIpc) is 3.26. The van der Waals surface area contributed by atoms with Crippen molar-refractivity contribution in [2.75, 3.05) is 6.61 Å². The summed E-state index contributed by atoms with van der Waals surface area (Å²) >= 11 is 0. The Labute approximate surface area is 382 Å². The van der Waals surface area contributed by atoms with Crippen molar-refractivity contribution in [1.29, 1.82) is 0 Å². The zero-order valence-electron chi connectivity index (χ0n) is 39.8. The molecule has 0 spiro atoms. The molecule has 13 nitrogen and oxygen atoms in total. The molecule has 1 rings (SSSR count). The summed E-state index contributed by atoms with van der Waals surface area (Å²) in [6.07, 6.45) is 28.2. The fourth-order valence-corrected chi connectivity index (χ4v) is 9.38. The van der Waals surface area contributed by atoms with Crippen molar-refractivity contribution >= 4 is 13.7 Å². The van der Waals surface area contributed by atoms with Gasteiger partial charge in [-0.1, -0.05) is 199 Å². The third kappa shape index (κ3) is 30.9. The van der Waals surface area contributed by atoms with Gasteiger partial charge in [-0.05, 0) is 38.5 Å². The summed E-state index contributed by atoms with van der Waals surface area (Å²) < 4.78 is 23.0. The first-order valence-electron chi connectivity index (χ1n) is 25.7. The third-order valence-electron chi connectivity index (χ3n) is 12.6. The van der Waals surface area contributed by atoms with E-state index in [0.717, 1.165) is 70.6 Å². The van der Waals surface area contributed by atoms with Gasteiger partial charge in [0, 0.05) is 0 Å². The van der Waals surface area contributed by atoms with Gasteiger partial charge >= 0.3 is 7.82 Å². The Balaban J connectivity index is 2.46. The predicted octanol–water partition coefficient (Wildman–Crippen LogP) is 9.37. The molecule has 0 aliphatic heterocycles. The number of amides is 1. The van der Waals surface area contributed by atoms with Crippen molar-refractivity contribution in [2.45, 2.75) is 287 Å². The number of allylic oxidation sites excluding steroid dienone is 2. The molecule has 8 unspecified atom stereocenters. The minimum atomic E-state index is -5.12. The molecule has 1 amide bonds. The number of carbonyl (C=O) groups is 1. The summed E-state index contributed by atoms with van der Waals surface area (Å²) in [5, 5.41) is 74.8. The molecule has 0 aromatic carbocycles. The molecular weight excluding hydrogens is 826 g/mol. The molecule has 0 heterocycles. The molecule has 1 aliphatic carbocycles. The highest BCUT2D eigenvalue weighted by molar-refractivity contribution is 7.47. The fourth-order valence-electron chi connectivity index (χ4n) is 8.42. The summed E-state index contributed by atoms with van der Waals surface area (Å²) in [7, 11) is -5.12. The van der Waals surface area contributed by atoms with E-state index in [2.05, 4.69) is 31.3 Å². The van der Waals surface area contributed by atoms with Crippen LogP contribution in [0.3, 0.4) is 0 Å². The number of phosphoric ester groups is 1. The van der Waals surface area contributed by atoms with Crippen LogP contribution in [0, 0.1) is 0 Å². The third-order valence-corrected chi connectivity index (χ3v) is 13.6. The van der Waals surface area contributed by atoms with E-state index in [1.807, 2.05) is 0 Å². The maximum Gasteiger partial charge on any atom is 0.472 e. The van der Waals surface area contributed by atoms with Gasteiger partial charge in [0.05, 0.1) is 31.3 Å². The van der Waals surface area contributed by atoms with Gasteiger partial charge < -0.3 is 46.0 Å². The van der Waals surface area contributed by atoms with E-state index in [1.165, 1.54) is 122 Å². The molecule has 0 aromatic rings. The van der Waals surface area contributed by atoms with Gasteiger partial charge in [0.2, 0.25) is 5.91 Å². The van der Waals surface area contributed by atoms with E-state index >= 15 is 0 Å². The normalized spacial score (nSPS) is 22.9. The Hall–Kier alpha value is -0.960. The van der Waals surface area contributed by atoms with Crippen LogP contribution in [0.4, 0.5) is 0 Å². The van der Waals surface area contributed by atoms with Crippen LogP contribution in [-0.2, 0) is 18.4 Å². The second-order valence-electron chi connectivity index (χ2n) is 18.6. The summed E-state index contributed by atoms with van der Waals surface area (Å²) in [5.41, 5.74) is 0. The lowest BCUT2D eigenvalue weighted by Crippen LogP contribution is -2.64. The molecule has 0 aromatic heterocycles. The monoisotopic (exact) mass is 922 g/mol. The zero-order chi connectivity index (χ0) is 46.6. The largest absolute Gasteiger partial charge is 0.472 e. The molecule has 63 heavy (non-hydrogen) atoms. The van der Waals surface area contributed by atoms with Crippen molar-refractivity contribution in [1.82, 2.24) is 5.32 Å². The highest BCUT2D eigenvalue weighted by Gasteiger charge is 2.51. The lowest BCUT2D eigenvalue weighted by molar-refractivity contribution is -0.220. The quantitative estimate of drug-likeness (QED) is 0.0158. The maximum absolute atomic E-state index is 13.0. The number of rotatable bonds is 43. The lowest BCUT2D eigenvalue weighted by atomic mass is 9.85. The predicted molar refractivity (Wildman–Crippen MR) is 252 cm³/mol. The number of unbranched alkanes of at least 4 members (excludes halogenated alkanes) is 28. The molecule has 1 aliphatic rings. The number of nitrogens with one attached hydrogen (secondary N) is 1. The van der Waals surface area contributed by atoms with Crippen LogP contribution < -0.4 is 5.32 Å². The fraction of sp³-hybridized carbons (Fsp3) is 0.939. The van der Waals surface area contributed by atoms with Crippen LogP contribution >= 0.6 is 7.82 Å². The van der Waals surface area contributed by atoms with Crippen molar-refractivity contribution < 1.29 is 59.0 Å². The Morgan fingerprint density at radius 3 is 1.32 bits per heavy atom. The van der Waals surface area contributed by atoms with Crippen molar-refractivity contribution in [2.24, 2.45) is 0 Å². The molecule has 8 atom stereocenters. The Morgan fingerprint density at radius 2 is 0.889 bits per heavy atom. The van der Waals surface area contributed by atoms with Gasteiger partial charge in [0.25, 0.3) is 0 Å². The van der Waals surface area contributed by atoms with Gasteiger partial charge in [-0.3, -0.25) is 13.8 Å². The molecule has 9 N–H and O–H groups in total. The van der Waals surface area contributed by atoms with Crippen LogP contribution in [0.2, 0.25) is 0 Å². The number of aliphatic hydroxyl groups excluding tert-OH is 7. The van der Waals surface area contributed by atoms with Gasteiger partial charge in [-0.2, -0.15) is 0 Å². The summed E-state index contributed by atoms with van der Waals surface area (Å²) in [6.45, 7) is 3.79.